The monoisotopic (exact) mass is 341 g/mol. The first kappa shape index (κ1) is 15.6. The summed E-state index contributed by atoms with van der Waals surface area (Å²) in [6.45, 7) is 2.09. The van der Waals surface area contributed by atoms with Crippen molar-refractivity contribution in [2.75, 3.05) is 26.3 Å². The molecule has 0 atom stereocenters. The molecule has 3 heterocycles. The summed E-state index contributed by atoms with van der Waals surface area (Å²) in [6, 6.07) is 11.1. The Labute approximate surface area is 143 Å². The zero-order valence-electron chi connectivity index (χ0n) is 13.4. The summed E-state index contributed by atoms with van der Waals surface area (Å²) in [5.74, 6) is 0.0815. The largest absolute Gasteiger partial charge is 0.463 e. The third kappa shape index (κ3) is 3.06. The maximum absolute atomic E-state index is 13.2. The van der Waals surface area contributed by atoms with E-state index in [1.54, 1.807) is 41.5 Å². The SMILES string of the molecule is O=C(c1cc(-c2ccco2)nn1-c1ccc(F)cc1)N1CCOCC1. The Balaban J connectivity index is 1.77. The Bertz CT molecular complexity index is 866. The molecule has 0 bridgehead atoms. The number of morpholine rings is 1. The number of rotatable bonds is 3. The predicted molar refractivity (Wildman–Crippen MR) is 87.9 cm³/mol. The van der Waals surface area contributed by atoms with Crippen molar-refractivity contribution in [1.82, 2.24) is 14.7 Å². The van der Waals surface area contributed by atoms with Crippen LogP contribution in [0.25, 0.3) is 17.1 Å². The molecule has 1 aliphatic rings. The number of nitrogens with zero attached hydrogens (tertiary/aromatic N) is 3. The molecule has 1 amide bonds. The quantitative estimate of drug-likeness (QED) is 0.735. The van der Waals surface area contributed by atoms with Crippen molar-refractivity contribution in [3.63, 3.8) is 0 Å². The third-order valence-electron chi connectivity index (χ3n) is 4.07. The number of halogens is 1. The zero-order chi connectivity index (χ0) is 17.2. The third-order valence-corrected chi connectivity index (χ3v) is 4.07. The predicted octanol–water partition coefficient (Wildman–Crippen LogP) is 2.74. The first-order valence-electron chi connectivity index (χ1n) is 7.99. The van der Waals surface area contributed by atoms with Gasteiger partial charge >= 0.3 is 0 Å². The summed E-state index contributed by atoms with van der Waals surface area (Å²) in [5, 5.41) is 4.49. The molecule has 1 saturated heterocycles. The molecule has 1 aromatic carbocycles. The lowest BCUT2D eigenvalue weighted by atomic mass is 10.2. The fraction of sp³-hybridized carbons (Fsp3) is 0.222. The lowest BCUT2D eigenvalue weighted by molar-refractivity contribution is 0.0297. The van der Waals surface area contributed by atoms with Gasteiger partial charge in [-0.05, 0) is 36.4 Å². The zero-order valence-corrected chi connectivity index (χ0v) is 13.4. The molecule has 25 heavy (non-hydrogen) atoms. The Hall–Kier alpha value is -2.93. The van der Waals surface area contributed by atoms with Crippen LogP contribution in [0.4, 0.5) is 4.39 Å². The molecule has 3 aromatic rings. The summed E-state index contributed by atoms with van der Waals surface area (Å²) in [6.07, 6.45) is 1.55. The van der Waals surface area contributed by atoms with Gasteiger partial charge in [-0.2, -0.15) is 5.10 Å². The van der Waals surface area contributed by atoms with Gasteiger partial charge in [0.25, 0.3) is 5.91 Å². The molecule has 4 rings (SSSR count). The second-order valence-electron chi connectivity index (χ2n) is 5.68. The van der Waals surface area contributed by atoms with Crippen molar-refractivity contribution >= 4 is 5.91 Å². The van der Waals surface area contributed by atoms with Gasteiger partial charge in [0.1, 0.15) is 17.2 Å². The second-order valence-corrected chi connectivity index (χ2v) is 5.68. The molecule has 0 radical (unpaired) electrons. The fourth-order valence-corrected chi connectivity index (χ4v) is 2.79. The van der Waals surface area contributed by atoms with Gasteiger partial charge in [0, 0.05) is 19.2 Å². The number of aromatic nitrogens is 2. The normalized spacial score (nSPS) is 14.7. The van der Waals surface area contributed by atoms with Crippen LogP contribution in [0.2, 0.25) is 0 Å². The molecule has 0 saturated carbocycles. The van der Waals surface area contributed by atoms with E-state index in [-0.39, 0.29) is 11.7 Å². The van der Waals surface area contributed by atoms with E-state index in [0.29, 0.717) is 49.1 Å². The number of amides is 1. The first-order valence-corrected chi connectivity index (χ1v) is 7.99. The van der Waals surface area contributed by atoms with E-state index in [9.17, 15) is 9.18 Å². The van der Waals surface area contributed by atoms with E-state index in [2.05, 4.69) is 5.10 Å². The van der Waals surface area contributed by atoms with Crippen molar-refractivity contribution in [3.05, 3.63) is 60.2 Å². The lowest BCUT2D eigenvalue weighted by Gasteiger charge is -2.26. The van der Waals surface area contributed by atoms with Crippen LogP contribution >= 0.6 is 0 Å². The van der Waals surface area contributed by atoms with Gasteiger partial charge in [0.2, 0.25) is 0 Å². The maximum atomic E-state index is 13.2. The van der Waals surface area contributed by atoms with Gasteiger partial charge in [0.15, 0.2) is 5.76 Å². The number of ether oxygens (including phenoxy) is 1. The highest BCUT2D eigenvalue weighted by molar-refractivity contribution is 5.94. The lowest BCUT2D eigenvalue weighted by Crippen LogP contribution is -2.41. The minimum atomic E-state index is -0.344. The molecule has 6 nitrogen and oxygen atoms in total. The molecular weight excluding hydrogens is 325 g/mol. The Morgan fingerprint density at radius 3 is 2.56 bits per heavy atom. The van der Waals surface area contributed by atoms with E-state index >= 15 is 0 Å². The van der Waals surface area contributed by atoms with Gasteiger partial charge in [0.05, 0.1) is 25.2 Å². The van der Waals surface area contributed by atoms with Crippen molar-refractivity contribution in [2.45, 2.75) is 0 Å². The number of carbonyl (C=O) groups excluding carboxylic acids is 1. The molecule has 0 unspecified atom stereocenters. The van der Waals surface area contributed by atoms with E-state index in [4.69, 9.17) is 9.15 Å². The standard InChI is InChI=1S/C18H16FN3O3/c19-13-3-5-14(6-4-13)22-16(18(23)21-7-10-24-11-8-21)12-15(20-22)17-2-1-9-25-17/h1-6,9,12H,7-8,10-11H2. The molecule has 0 aliphatic carbocycles. The number of carbonyl (C=O) groups is 1. The van der Waals surface area contributed by atoms with E-state index in [0.717, 1.165) is 0 Å². The van der Waals surface area contributed by atoms with Crippen LogP contribution in [-0.4, -0.2) is 46.9 Å². The smallest absolute Gasteiger partial charge is 0.272 e. The highest BCUT2D eigenvalue weighted by atomic mass is 19.1. The molecule has 1 aliphatic heterocycles. The summed E-state index contributed by atoms with van der Waals surface area (Å²) in [7, 11) is 0. The van der Waals surface area contributed by atoms with Crippen LogP contribution in [0.15, 0.2) is 53.1 Å². The van der Waals surface area contributed by atoms with Gasteiger partial charge in [-0.3, -0.25) is 4.79 Å². The van der Waals surface area contributed by atoms with E-state index < -0.39 is 0 Å². The minimum Gasteiger partial charge on any atom is -0.463 e. The first-order chi connectivity index (χ1) is 12.2. The average Bonchev–Trinajstić information content (AvgIpc) is 3.32. The Kier molecular flexibility index (Phi) is 4.07. The highest BCUT2D eigenvalue weighted by Crippen LogP contribution is 2.23. The van der Waals surface area contributed by atoms with Crippen LogP contribution < -0.4 is 0 Å². The summed E-state index contributed by atoms with van der Waals surface area (Å²) >= 11 is 0. The summed E-state index contributed by atoms with van der Waals surface area (Å²) < 4.78 is 25.5. The molecule has 0 spiro atoms. The van der Waals surface area contributed by atoms with Crippen molar-refractivity contribution < 1.29 is 18.3 Å². The van der Waals surface area contributed by atoms with Gasteiger partial charge < -0.3 is 14.1 Å². The molecule has 7 heteroatoms. The fourth-order valence-electron chi connectivity index (χ4n) is 2.79. The molecule has 0 N–H and O–H groups in total. The Morgan fingerprint density at radius 2 is 1.88 bits per heavy atom. The van der Waals surface area contributed by atoms with E-state index in [1.165, 1.54) is 16.8 Å². The molecule has 2 aromatic heterocycles. The van der Waals surface area contributed by atoms with Crippen LogP contribution in [0.5, 0.6) is 0 Å². The van der Waals surface area contributed by atoms with Crippen LogP contribution in [-0.2, 0) is 4.74 Å². The van der Waals surface area contributed by atoms with Gasteiger partial charge in [-0.1, -0.05) is 0 Å². The van der Waals surface area contributed by atoms with Crippen LogP contribution in [0.1, 0.15) is 10.5 Å². The molecule has 128 valence electrons. The number of hydrogen-bond donors (Lipinski definition) is 0. The van der Waals surface area contributed by atoms with Crippen LogP contribution in [0, 0.1) is 5.82 Å². The Morgan fingerprint density at radius 1 is 1.12 bits per heavy atom. The number of furan rings is 1. The van der Waals surface area contributed by atoms with Crippen molar-refractivity contribution in [3.8, 4) is 17.1 Å². The number of hydrogen-bond acceptors (Lipinski definition) is 4. The number of benzene rings is 1. The van der Waals surface area contributed by atoms with Crippen molar-refractivity contribution in [2.24, 2.45) is 0 Å². The summed E-state index contributed by atoms with van der Waals surface area (Å²) in [4.78, 5) is 14.7. The summed E-state index contributed by atoms with van der Waals surface area (Å²) in [5.41, 5.74) is 1.56. The second kappa shape index (κ2) is 6.52. The highest BCUT2D eigenvalue weighted by Gasteiger charge is 2.24. The topological polar surface area (TPSA) is 60.5 Å². The average molecular weight is 341 g/mol. The van der Waals surface area contributed by atoms with Gasteiger partial charge in [-0.15, -0.1) is 0 Å². The van der Waals surface area contributed by atoms with E-state index in [1.807, 2.05) is 0 Å². The maximum Gasteiger partial charge on any atom is 0.272 e. The van der Waals surface area contributed by atoms with Gasteiger partial charge in [-0.25, -0.2) is 9.07 Å². The van der Waals surface area contributed by atoms with Crippen LogP contribution in [0.3, 0.4) is 0 Å². The molecule has 1 fully saturated rings. The molecular formula is C18H16FN3O3. The van der Waals surface area contributed by atoms with Crippen molar-refractivity contribution in [1.29, 1.82) is 0 Å². The minimum absolute atomic E-state index is 0.141.